The largest absolute Gasteiger partial charge is 0.483 e. The van der Waals surface area contributed by atoms with Crippen molar-refractivity contribution in [2.75, 3.05) is 17.2 Å². The van der Waals surface area contributed by atoms with E-state index in [-0.39, 0.29) is 18.1 Å². The molecule has 0 aliphatic carbocycles. The van der Waals surface area contributed by atoms with Crippen molar-refractivity contribution in [3.05, 3.63) is 92.4 Å². The number of halogens is 2. The van der Waals surface area contributed by atoms with Crippen LogP contribution in [0.4, 0.5) is 11.4 Å². The molecule has 0 spiro atoms. The standard InChI is InChI=1S/C26H21BrClN3O3/c1-16-6-5-9-22(17(16)2)30-25(32)15-34-24-11-10-18(13-20(24)27)12-19(14-29)26(33)31-23-8-4-3-7-21(23)28/h3-13H,15H2,1-2H3,(H,30,32)(H,31,33)/b19-12+. The van der Waals surface area contributed by atoms with Crippen LogP contribution >= 0.6 is 27.5 Å². The lowest BCUT2D eigenvalue weighted by Gasteiger charge is -2.12. The van der Waals surface area contributed by atoms with Gasteiger partial charge in [-0.2, -0.15) is 5.26 Å². The summed E-state index contributed by atoms with van der Waals surface area (Å²) in [5, 5.41) is 15.3. The lowest BCUT2D eigenvalue weighted by molar-refractivity contribution is -0.118. The molecule has 172 valence electrons. The molecule has 0 aromatic heterocycles. The molecule has 0 saturated carbocycles. The molecule has 34 heavy (non-hydrogen) atoms. The Labute approximate surface area is 211 Å². The van der Waals surface area contributed by atoms with E-state index in [0.29, 0.717) is 26.5 Å². The number of para-hydroxylation sites is 1. The average Bonchev–Trinajstić information content (AvgIpc) is 2.81. The van der Waals surface area contributed by atoms with Gasteiger partial charge in [-0.1, -0.05) is 41.9 Å². The normalized spacial score (nSPS) is 10.9. The summed E-state index contributed by atoms with van der Waals surface area (Å²) in [5.41, 5.74) is 3.76. The maximum Gasteiger partial charge on any atom is 0.266 e. The second-order valence-electron chi connectivity index (χ2n) is 7.38. The first-order valence-corrected chi connectivity index (χ1v) is 11.4. The van der Waals surface area contributed by atoms with Gasteiger partial charge in [-0.3, -0.25) is 9.59 Å². The van der Waals surface area contributed by atoms with Crippen molar-refractivity contribution < 1.29 is 14.3 Å². The molecule has 0 atom stereocenters. The summed E-state index contributed by atoms with van der Waals surface area (Å²) in [4.78, 5) is 24.8. The predicted octanol–water partition coefficient (Wildman–Crippen LogP) is 6.28. The summed E-state index contributed by atoms with van der Waals surface area (Å²) < 4.78 is 6.20. The summed E-state index contributed by atoms with van der Waals surface area (Å²) in [7, 11) is 0. The number of rotatable bonds is 7. The number of nitriles is 1. The van der Waals surface area contributed by atoms with Crippen molar-refractivity contribution in [1.82, 2.24) is 0 Å². The number of nitrogens with one attached hydrogen (secondary N) is 2. The third-order valence-electron chi connectivity index (χ3n) is 4.99. The van der Waals surface area contributed by atoms with Crippen LogP contribution in [0, 0.1) is 25.2 Å². The highest BCUT2D eigenvalue weighted by Crippen LogP contribution is 2.28. The van der Waals surface area contributed by atoms with Crippen molar-refractivity contribution in [2.24, 2.45) is 0 Å². The van der Waals surface area contributed by atoms with Crippen LogP contribution < -0.4 is 15.4 Å². The molecule has 0 aliphatic heterocycles. The van der Waals surface area contributed by atoms with Crippen molar-refractivity contribution in [1.29, 1.82) is 5.26 Å². The maximum atomic E-state index is 12.5. The Bertz CT molecular complexity index is 1310. The second kappa shape index (κ2) is 11.5. The van der Waals surface area contributed by atoms with Crippen molar-refractivity contribution >= 4 is 56.8 Å². The fraction of sp³-hybridized carbons (Fsp3) is 0.115. The predicted molar refractivity (Wildman–Crippen MR) is 138 cm³/mol. The highest BCUT2D eigenvalue weighted by Gasteiger charge is 2.13. The zero-order valence-electron chi connectivity index (χ0n) is 18.5. The van der Waals surface area contributed by atoms with Crippen LogP contribution in [0.1, 0.15) is 16.7 Å². The Morgan fingerprint density at radius 1 is 1.06 bits per heavy atom. The SMILES string of the molecule is Cc1cccc(NC(=O)COc2ccc(/C=C(\C#N)C(=O)Nc3ccccc3Cl)cc2Br)c1C. The van der Waals surface area contributed by atoms with Gasteiger partial charge in [0.25, 0.3) is 11.8 Å². The summed E-state index contributed by atoms with van der Waals surface area (Å²) in [6.45, 7) is 3.75. The number of hydrogen-bond donors (Lipinski definition) is 2. The summed E-state index contributed by atoms with van der Waals surface area (Å²) >= 11 is 9.47. The van der Waals surface area contributed by atoms with E-state index in [4.69, 9.17) is 16.3 Å². The summed E-state index contributed by atoms with van der Waals surface area (Å²) in [5.74, 6) is -0.407. The molecule has 2 amide bonds. The number of aryl methyl sites for hydroxylation is 1. The van der Waals surface area contributed by atoms with Crippen LogP contribution in [0.15, 0.2) is 70.7 Å². The van der Waals surface area contributed by atoms with Crippen LogP contribution in [0.2, 0.25) is 5.02 Å². The number of carbonyl (C=O) groups excluding carboxylic acids is 2. The van der Waals surface area contributed by atoms with Gasteiger partial charge < -0.3 is 15.4 Å². The number of carbonyl (C=O) groups is 2. The highest BCUT2D eigenvalue weighted by molar-refractivity contribution is 9.10. The Hall–Kier alpha value is -3.60. The molecular formula is C26H21BrClN3O3. The first kappa shape index (κ1) is 25.0. The van der Waals surface area contributed by atoms with Gasteiger partial charge in [0.2, 0.25) is 0 Å². The lowest BCUT2D eigenvalue weighted by atomic mass is 10.1. The molecule has 6 nitrogen and oxygen atoms in total. The molecule has 3 aromatic carbocycles. The smallest absolute Gasteiger partial charge is 0.266 e. The number of anilines is 2. The number of hydrogen-bond acceptors (Lipinski definition) is 4. The van der Waals surface area contributed by atoms with Crippen LogP contribution in [-0.4, -0.2) is 18.4 Å². The first-order chi connectivity index (χ1) is 16.3. The van der Waals surface area contributed by atoms with Gasteiger partial charge in [-0.15, -0.1) is 0 Å². The monoisotopic (exact) mass is 537 g/mol. The van der Waals surface area contributed by atoms with Crippen LogP contribution in [0.25, 0.3) is 6.08 Å². The van der Waals surface area contributed by atoms with Gasteiger partial charge >= 0.3 is 0 Å². The average molecular weight is 539 g/mol. The first-order valence-electron chi connectivity index (χ1n) is 10.2. The Morgan fingerprint density at radius 3 is 2.50 bits per heavy atom. The van der Waals surface area contributed by atoms with E-state index in [1.54, 1.807) is 42.5 Å². The van der Waals surface area contributed by atoms with E-state index >= 15 is 0 Å². The van der Waals surface area contributed by atoms with Crippen molar-refractivity contribution in [2.45, 2.75) is 13.8 Å². The highest BCUT2D eigenvalue weighted by atomic mass is 79.9. The number of ether oxygens (including phenoxy) is 1. The second-order valence-corrected chi connectivity index (χ2v) is 8.64. The van der Waals surface area contributed by atoms with Crippen molar-refractivity contribution in [3.63, 3.8) is 0 Å². The molecular weight excluding hydrogens is 518 g/mol. The zero-order chi connectivity index (χ0) is 24.7. The van der Waals surface area contributed by atoms with Gasteiger partial charge in [0.05, 0.1) is 15.2 Å². The zero-order valence-corrected chi connectivity index (χ0v) is 20.8. The van der Waals surface area contributed by atoms with E-state index in [1.807, 2.05) is 38.1 Å². The fourth-order valence-electron chi connectivity index (χ4n) is 3.01. The minimum atomic E-state index is -0.574. The number of benzene rings is 3. The van der Waals surface area contributed by atoms with E-state index in [2.05, 4.69) is 26.6 Å². The third kappa shape index (κ3) is 6.47. The minimum absolute atomic E-state index is 0.0895. The molecule has 0 heterocycles. The maximum absolute atomic E-state index is 12.5. The Balaban J connectivity index is 1.65. The molecule has 0 radical (unpaired) electrons. The molecule has 0 fully saturated rings. The van der Waals surface area contributed by atoms with Gasteiger partial charge in [0.15, 0.2) is 6.61 Å². The molecule has 3 aromatic rings. The molecule has 0 aliphatic rings. The number of amides is 2. The molecule has 0 saturated heterocycles. The van der Waals surface area contributed by atoms with Crippen LogP contribution in [-0.2, 0) is 9.59 Å². The lowest BCUT2D eigenvalue weighted by Crippen LogP contribution is -2.20. The van der Waals surface area contributed by atoms with E-state index < -0.39 is 5.91 Å². The summed E-state index contributed by atoms with van der Waals surface area (Å²) in [6.07, 6.45) is 1.45. The summed E-state index contributed by atoms with van der Waals surface area (Å²) in [6, 6.07) is 19.4. The van der Waals surface area contributed by atoms with Gasteiger partial charge in [0.1, 0.15) is 17.4 Å². The van der Waals surface area contributed by atoms with Crippen molar-refractivity contribution in [3.8, 4) is 11.8 Å². The minimum Gasteiger partial charge on any atom is -0.483 e. The molecule has 8 heteroatoms. The Kier molecular flexibility index (Phi) is 8.47. The van der Waals surface area contributed by atoms with E-state index in [0.717, 1.165) is 16.8 Å². The Morgan fingerprint density at radius 2 is 1.79 bits per heavy atom. The quantitative estimate of drug-likeness (QED) is 0.273. The fourth-order valence-corrected chi connectivity index (χ4v) is 3.70. The van der Waals surface area contributed by atoms with Gasteiger partial charge in [-0.05, 0) is 82.9 Å². The van der Waals surface area contributed by atoms with Gasteiger partial charge in [-0.25, -0.2) is 0 Å². The molecule has 0 bridgehead atoms. The van der Waals surface area contributed by atoms with Crippen LogP contribution in [0.5, 0.6) is 5.75 Å². The van der Waals surface area contributed by atoms with Gasteiger partial charge in [0, 0.05) is 5.69 Å². The molecule has 3 rings (SSSR count). The van der Waals surface area contributed by atoms with Crippen LogP contribution in [0.3, 0.4) is 0 Å². The van der Waals surface area contributed by atoms with E-state index in [9.17, 15) is 14.9 Å². The molecule has 0 unspecified atom stereocenters. The molecule has 2 N–H and O–H groups in total. The number of nitrogens with zero attached hydrogens (tertiary/aromatic N) is 1. The topological polar surface area (TPSA) is 91.2 Å². The third-order valence-corrected chi connectivity index (χ3v) is 5.94. The van der Waals surface area contributed by atoms with E-state index in [1.165, 1.54) is 6.08 Å².